The minimum atomic E-state index is -1.09. The van der Waals surface area contributed by atoms with Crippen LogP contribution < -0.4 is 16.0 Å². The summed E-state index contributed by atoms with van der Waals surface area (Å²) in [4.78, 5) is 26.1. The summed E-state index contributed by atoms with van der Waals surface area (Å²) in [6, 6.07) is 12.4. The topological polar surface area (TPSA) is 108 Å². The number of nitrogens with zero attached hydrogens (tertiary/aromatic N) is 4. The molecule has 190 valence electrons. The van der Waals surface area contributed by atoms with Gasteiger partial charge in [0.2, 0.25) is 11.9 Å². The number of amides is 1. The van der Waals surface area contributed by atoms with Gasteiger partial charge in [-0.3, -0.25) is 4.79 Å². The molecular weight excluding hydrogens is 495 g/mol. The van der Waals surface area contributed by atoms with Crippen molar-refractivity contribution in [3.05, 3.63) is 59.0 Å². The lowest BCUT2D eigenvalue weighted by Crippen LogP contribution is -2.64. The Labute approximate surface area is 217 Å². The van der Waals surface area contributed by atoms with E-state index in [1.54, 1.807) is 12.1 Å². The first kappa shape index (κ1) is 23.8. The molecule has 4 N–H and O–H groups in total. The molecule has 2 aliphatic heterocycles. The van der Waals surface area contributed by atoms with Gasteiger partial charge in [0.1, 0.15) is 16.7 Å². The molecule has 0 aliphatic carbocycles. The van der Waals surface area contributed by atoms with Gasteiger partial charge in [0.05, 0.1) is 10.7 Å². The number of fused-ring (bicyclic) bond motifs is 2. The highest BCUT2D eigenvalue weighted by molar-refractivity contribution is 6.35. The van der Waals surface area contributed by atoms with Gasteiger partial charge in [-0.15, -0.1) is 0 Å². The van der Waals surface area contributed by atoms with E-state index in [0.717, 1.165) is 10.8 Å². The van der Waals surface area contributed by atoms with Crippen LogP contribution in [-0.2, 0) is 10.2 Å². The van der Waals surface area contributed by atoms with E-state index in [4.69, 9.17) is 22.3 Å². The van der Waals surface area contributed by atoms with Crippen molar-refractivity contribution in [1.82, 2.24) is 20.2 Å². The van der Waals surface area contributed by atoms with Crippen LogP contribution >= 0.6 is 11.6 Å². The van der Waals surface area contributed by atoms with Crippen LogP contribution in [0.4, 0.5) is 10.3 Å². The number of nitrogens with two attached hydrogens (primary N) is 1. The fraction of sp³-hybridized carbons (Fsp3) is 0.296. The molecular formula is C27H26ClFN6O2. The van der Waals surface area contributed by atoms with E-state index < -0.39 is 17.1 Å². The molecule has 37 heavy (non-hydrogen) atoms. The zero-order chi connectivity index (χ0) is 26.1. The Morgan fingerprint density at radius 2 is 1.92 bits per heavy atom. The number of likely N-dealkylation sites (N-methyl/N-ethyl adjacent to an activating group) is 1. The van der Waals surface area contributed by atoms with Crippen molar-refractivity contribution in [3.8, 4) is 16.9 Å². The van der Waals surface area contributed by atoms with Gasteiger partial charge in [-0.05, 0) is 48.6 Å². The number of benzene rings is 3. The molecule has 0 bridgehead atoms. The van der Waals surface area contributed by atoms with Crippen molar-refractivity contribution >= 4 is 45.1 Å². The molecule has 4 aromatic rings. The van der Waals surface area contributed by atoms with Crippen LogP contribution in [0.5, 0.6) is 5.75 Å². The highest BCUT2D eigenvalue weighted by Gasteiger charge is 2.48. The molecule has 8 nitrogen and oxygen atoms in total. The monoisotopic (exact) mass is 520 g/mol. The number of aromatic hydroxyl groups is 1. The summed E-state index contributed by atoms with van der Waals surface area (Å²) >= 11 is 6.73. The van der Waals surface area contributed by atoms with Crippen LogP contribution in [0.25, 0.3) is 32.8 Å². The molecule has 0 spiro atoms. The fourth-order valence-corrected chi connectivity index (χ4v) is 5.51. The van der Waals surface area contributed by atoms with Crippen molar-refractivity contribution in [3.63, 3.8) is 0 Å². The number of hydrogen-bond acceptors (Lipinski definition) is 7. The SMILES string of the molecule is CN(C)C1CN(c2nc(C3(C(N)=O)CNC3)c3cc(Cl)c(-c4cc(O)cc5ccccc45)c(F)c3n2)C1. The van der Waals surface area contributed by atoms with Gasteiger partial charge < -0.3 is 26.0 Å². The van der Waals surface area contributed by atoms with Gasteiger partial charge in [0.15, 0.2) is 5.82 Å². The predicted octanol–water partition coefficient (Wildman–Crippen LogP) is 3.02. The number of halogens is 2. The summed E-state index contributed by atoms with van der Waals surface area (Å²) in [5.41, 5.74) is 5.79. The number of carbonyl (C=O) groups is 1. The number of phenols is 1. The second-order valence-electron chi connectivity index (χ2n) is 10.1. The summed E-state index contributed by atoms with van der Waals surface area (Å²) in [6.07, 6.45) is 0. The van der Waals surface area contributed by atoms with Gasteiger partial charge in [0, 0.05) is 43.2 Å². The number of primary amides is 1. The quantitative estimate of drug-likeness (QED) is 0.371. The Kier molecular flexibility index (Phi) is 5.48. The fourth-order valence-electron chi connectivity index (χ4n) is 5.22. The highest BCUT2D eigenvalue weighted by Crippen LogP contribution is 2.43. The van der Waals surface area contributed by atoms with Crippen molar-refractivity contribution in [2.75, 3.05) is 45.2 Å². The normalized spacial score (nSPS) is 17.3. The largest absolute Gasteiger partial charge is 0.508 e. The Morgan fingerprint density at radius 1 is 1.19 bits per heavy atom. The smallest absolute Gasteiger partial charge is 0.232 e. The second-order valence-corrected chi connectivity index (χ2v) is 10.5. The molecule has 0 unspecified atom stereocenters. The standard InChI is InChI=1S/C27H26ClFN6O2/c1-34(2)15-10-35(11-15)26-32-23-19(24(33-26)27(25(30)37)12-31-13-27)9-20(28)21(22(23)29)18-8-16(36)7-14-5-3-4-6-17(14)18/h3-9,15,31,36H,10-13H2,1-2H3,(H2,30,37). The lowest BCUT2D eigenvalue weighted by molar-refractivity contribution is -0.125. The molecule has 3 heterocycles. The summed E-state index contributed by atoms with van der Waals surface area (Å²) in [6.45, 7) is 1.96. The molecule has 0 atom stereocenters. The average Bonchev–Trinajstić information content (AvgIpc) is 2.77. The first-order chi connectivity index (χ1) is 17.7. The molecule has 10 heteroatoms. The lowest BCUT2D eigenvalue weighted by atomic mass is 9.76. The van der Waals surface area contributed by atoms with E-state index in [1.807, 2.05) is 43.3 Å². The van der Waals surface area contributed by atoms with Crippen LogP contribution in [-0.4, -0.2) is 72.2 Å². The van der Waals surface area contributed by atoms with Gasteiger partial charge >= 0.3 is 0 Å². The number of nitrogens with one attached hydrogen (secondary N) is 1. The Morgan fingerprint density at radius 3 is 2.57 bits per heavy atom. The minimum absolute atomic E-state index is 0.00291. The maximum absolute atomic E-state index is 16.5. The maximum Gasteiger partial charge on any atom is 0.232 e. The van der Waals surface area contributed by atoms with Gasteiger partial charge in [-0.2, -0.15) is 0 Å². The molecule has 3 aromatic carbocycles. The van der Waals surface area contributed by atoms with Crippen LogP contribution in [0.1, 0.15) is 5.69 Å². The minimum Gasteiger partial charge on any atom is -0.508 e. The number of phenolic OH excluding ortho intramolecular Hbond substituents is 1. The van der Waals surface area contributed by atoms with Crippen LogP contribution in [0.2, 0.25) is 5.02 Å². The summed E-state index contributed by atoms with van der Waals surface area (Å²) < 4.78 is 16.5. The van der Waals surface area contributed by atoms with Gasteiger partial charge in [-0.1, -0.05) is 35.9 Å². The van der Waals surface area contributed by atoms with Gasteiger partial charge in [0.25, 0.3) is 0 Å². The summed E-state index contributed by atoms with van der Waals surface area (Å²) in [5, 5.41) is 15.5. The van der Waals surface area contributed by atoms with E-state index in [9.17, 15) is 9.90 Å². The first-order valence-corrected chi connectivity index (χ1v) is 12.4. The third-order valence-corrected chi connectivity index (χ3v) is 7.94. The first-order valence-electron chi connectivity index (χ1n) is 12.0. The molecule has 2 saturated heterocycles. The average molecular weight is 521 g/mol. The Balaban J connectivity index is 1.62. The predicted molar refractivity (Wildman–Crippen MR) is 143 cm³/mol. The number of carbonyl (C=O) groups excluding carboxylic acids is 1. The van der Waals surface area contributed by atoms with Crippen LogP contribution in [0.3, 0.4) is 0 Å². The van der Waals surface area contributed by atoms with E-state index in [0.29, 0.717) is 54.8 Å². The van der Waals surface area contributed by atoms with Crippen molar-refractivity contribution < 1.29 is 14.3 Å². The van der Waals surface area contributed by atoms with E-state index >= 15 is 4.39 Å². The molecule has 2 fully saturated rings. The van der Waals surface area contributed by atoms with Crippen molar-refractivity contribution in [2.24, 2.45) is 5.73 Å². The van der Waals surface area contributed by atoms with Crippen LogP contribution in [0.15, 0.2) is 42.5 Å². The second kappa shape index (κ2) is 8.51. The van der Waals surface area contributed by atoms with Crippen molar-refractivity contribution in [2.45, 2.75) is 11.5 Å². The summed E-state index contributed by atoms with van der Waals surface area (Å²) in [7, 11) is 4.01. The zero-order valence-electron chi connectivity index (χ0n) is 20.4. The molecule has 1 aromatic heterocycles. The lowest BCUT2D eigenvalue weighted by Gasteiger charge is -2.44. The highest BCUT2D eigenvalue weighted by atomic mass is 35.5. The molecule has 2 aliphatic rings. The van der Waals surface area contributed by atoms with E-state index in [-0.39, 0.29) is 21.9 Å². The Hall–Kier alpha value is -3.53. The third-order valence-electron chi connectivity index (χ3n) is 7.64. The van der Waals surface area contributed by atoms with Crippen LogP contribution in [0, 0.1) is 5.82 Å². The Bertz CT molecular complexity index is 1580. The van der Waals surface area contributed by atoms with E-state index in [1.165, 1.54) is 6.07 Å². The zero-order valence-corrected chi connectivity index (χ0v) is 21.2. The molecule has 0 radical (unpaired) electrons. The molecule has 0 saturated carbocycles. The maximum atomic E-state index is 16.5. The van der Waals surface area contributed by atoms with Gasteiger partial charge in [-0.25, -0.2) is 14.4 Å². The van der Waals surface area contributed by atoms with E-state index in [2.05, 4.69) is 15.2 Å². The molecule has 1 amide bonds. The number of aromatic nitrogens is 2. The number of rotatable bonds is 5. The number of hydrogen-bond donors (Lipinski definition) is 3. The van der Waals surface area contributed by atoms with Crippen molar-refractivity contribution in [1.29, 1.82) is 0 Å². The molecule has 6 rings (SSSR count). The number of anilines is 1. The third kappa shape index (κ3) is 3.60. The summed E-state index contributed by atoms with van der Waals surface area (Å²) in [5.74, 6) is -0.829.